The Labute approximate surface area is 173 Å². The molecule has 0 radical (unpaired) electrons. The van der Waals surface area contributed by atoms with Gasteiger partial charge in [-0.1, -0.05) is 41.9 Å². The Bertz CT molecular complexity index is 793. The van der Waals surface area contributed by atoms with Crippen LogP contribution in [0.3, 0.4) is 0 Å². The van der Waals surface area contributed by atoms with Crippen molar-refractivity contribution >= 4 is 39.1 Å². The topological polar surface area (TPSA) is 49.4 Å². The van der Waals surface area contributed by atoms with Gasteiger partial charge in [0.05, 0.1) is 4.88 Å². The lowest BCUT2D eigenvalue weighted by atomic mass is 10.0. The van der Waals surface area contributed by atoms with Crippen LogP contribution < -0.4 is 5.32 Å². The van der Waals surface area contributed by atoms with Gasteiger partial charge in [0.2, 0.25) is 5.91 Å². The summed E-state index contributed by atoms with van der Waals surface area (Å²) in [6.07, 6.45) is 2.24. The molecule has 1 N–H and O–H groups in total. The Morgan fingerprint density at radius 3 is 2.44 bits per heavy atom. The molecule has 27 heavy (non-hydrogen) atoms. The lowest BCUT2D eigenvalue weighted by Crippen LogP contribution is -2.46. The summed E-state index contributed by atoms with van der Waals surface area (Å²) in [5.74, 6) is 0.594. The van der Waals surface area contributed by atoms with Gasteiger partial charge in [0, 0.05) is 34.9 Å². The maximum Gasteiger partial charge on any atom is 0.261 e. The third-order valence-electron chi connectivity index (χ3n) is 4.72. The molecule has 2 amide bonds. The highest BCUT2D eigenvalue weighted by Gasteiger charge is 2.24. The van der Waals surface area contributed by atoms with Gasteiger partial charge in [-0.2, -0.15) is 0 Å². The van der Waals surface area contributed by atoms with E-state index in [-0.39, 0.29) is 17.9 Å². The van der Waals surface area contributed by atoms with Crippen molar-refractivity contribution < 1.29 is 9.59 Å². The van der Waals surface area contributed by atoms with Crippen LogP contribution in [0.1, 0.15) is 42.8 Å². The number of benzene rings is 1. The van der Waals surface area contributed by atoms with Gasteiger partial charge in [0.1, 0.15) is 0 Å². The van der Waals surface area contributed by atoms with Crippen LogP contribution in [-0.2, 0) is 4.79 Å². The molecule has 4 nitrogen and oxygen atoms in total. The summed E-state index contributed by atoms with van der Waals surface area (Å²) in [5, 5.41) is 3.14. The van der Waals surface area contributed by atoms with Crippen molar-refractivity contribution in [2.45, 2.75) is 39.2 Å². The van der Waals surface area contributed by atoms with Crippen LogP contribution in [0.4, 0.5) is 0 Å². The quantitative estimate of drug-likeness (QED) is 0.703. The summed E-state index contributed by atoms with van der Waals surface area (Å²) in [6.45, 7) is 5.58. The Balaban J connectivity index is 1.53. The molecular formula is C21H25BrN2O2S. The first-order chi connectivity index (χ1) is 12.9. The number of piperidine rings is 1. The molecule has 1 aliphatic heterocycles. The zero-order valence-corrected chi connectivity index (χ0v) is 18.1. The number of rotatable bonds is 5. The van der Waals surface area contributed by atoms with Gasteiger partial charge >= 0.3 is 0 Å². The van der Waals surface area contributed by atoms with Crippen molar-refractivity contribution in [3.8, 4) is 10.4 Å². The summed E-state index contributed by atoms with van der Waals surface area (Å²) in [4.78, 5) is 28.5. The smallest absolute Gasteiger partial charge is 0.261 e. The van der Waals surface area contributed by atoms with Crippen LogP contribution in [0.5, 0.6) is 0 Å². The van der Waals surface area contributed by atoms with E-state index in [1.807, 2.05) is 41.3 Å². The number of hydrogen-bond acceptors (Lipinski definition) is 3. The molecule has 1 saturated heterocycles. The van der Waals surface area contributed by atoms with Crippen molar-refractivity contribution in [2.24, 2.45) is 5.92 Å². The van der Waals surface area contributed by atoms with E-state index in [0.717, 1.165) is 45.7 Å². The van der Waals surface area contributed by atoms with Gasteiger partial charge in [-0.05, 0) is 48.6 Å². The SMILES string of the molecule is CC(C)CC(=O)N1CCC(NC(=O)c2ccc(-c3ccc(Br)cc3)s2)CC1. The second kappa shape index (κ2) is 9.02. The van der Waals surface area contributed by atoms with Gasteiger partial charge in [-0.25, -0.2) is 0 Å². The summed E-state index contributed by atoms with van der Waals surface area (Å²) >= 11 is 4.95. The molecule has 6 heteroatoms. The molecule has 0 saturated carbocycles. The molecule has 3 rings (SSSR count). The first kappa shape index (κ1) is 20.1. The van der Waals surface area contributed by atoms with E-state index in [2.05, 4.69) is 35.1 Å². The second-order valence-electron chi connectivity index (χ2n) is 7.40. The van der Waals surface area contributed by atoms with Gasteiger partial charge in [0.15, 0.2) is 0 Å². The summed E-state index contributed by atoms with van der Waals surface area (Å²) in [7, 11) is 0. The molecule has 1 aromatic heterocycles. The Kier molecular flexibility index (Phi) is 6.71. The van der Waals surface area contributed by atoms with Crippen molar-refractivity contribution in [1.82, 2.24) is 10.2 Å². The average molecular weight is 449 g/mol. The van der Waals surface area contributed by atoms with Crippen LogP contribution >= 0.6 is 27.3 Å². The number of nitrogens with zero attached hydrogens (tertiary/aromatic N) is 1. The highest BCUT2D eigenvalue weighted by atomic mass is 79.9. The molecule has 1 aliphatic rings. The zero-order chi connectivity index (χ0) is 19.4. The molecule has 144 valence electrons. The van der Waals surface area contributed by atoms with Crippen molar-refractivity contribution in [2.75, 3.05) is 13.1 Å². The normalized spacial score (nSPS) is 15.2. The van der Waals surface area contributed by atoms with Crippen LogP contribution in [-0.4, -0.2) is 35.8 Å². The zero-order valence-electron chi connectivity index (χ0n) is 15.7. The van der Waals surface area contributed by atoms with Crippen LogP contribution in [0, 0.1) is 5.92 Å². The fraction of sp³-hybridized carbons (Fsp3) is 0.429. The van der Waals surface area contributed by atoms with E-state index in [4.69, 9.17) is 0 Å². The van der Waals surface area contributed by atoms with Crippen LogP contribution in [0.15, 0.2) is 40.9 Å². The first-order valence-corrected chi connectivity index (χ1v) is 11.0. The number of hydrogen-bond donors (Lipinski definition) is 1. The van der Waals surface area contributed by atoms with Gasteiger partial charge < -0.3 is 10.2 Å². The lowest BCUT2D eigenvalue weighted by Gasteiger charge is -2.32. The molecule has 0 atom stereocenters. The summed E-state index contributed by atoms with van der Waals surface area (Å²) < 4.78 is 1.04. The van der Waals surface area contributed by atoms with Gasteiger partial charge in [-0.3, -0.25) is 9.59 Å². The second-order valence-corrected chi connectivity index (χ2v) is 9.40. The molecule has 1 aromatic carbocycles. The molecule has 0 spiro atoms. The highest BCUT2D eigenvalue weighted by Crippen LogP contribution is 2.29. The molecular weight excluding hydrogens is 424 g/mol. The molecule has 1 fully saturated rings. The summed E-state index contributed by atoms with van der Waals surface area (Å²) in [5.41, 5.74) is 1.11. The standard InChI is InChI=1S/C21H25BrN2O2S/c1-14(2)13-20(25)24-11-9-17(10-12-24)23-21(26)19-8-7-18(27-19)15-3-5-16(22)6-4-15/h3-8,14,17H,9-13H2,1-2H3,(H,23,26). The number of halogens is 1. The van der Waals surface area contributed by atoms with Crippen molar-refractivity contribution in [3.63, 3.8) is 0 Å². The van der Waals surface area contributed by atoms with E-state index >= 15 is 0 Å². The Hall–Kier alpha value is -1.66. The van der Waals surface area contributed by atoms with Crippen molar-refractivity contribution in [3.05, 3.63) is 45.7 Å². The highest BCUT2D eigenvalue weighted by molar-refractivity contribution is 9.10. The van der Waals surface area contributed by atoms with Crippen LogP contribution in [0.25, 0.3) is 10.4 Å². The maximum absolute atomic E-state index is 12.6. The van der Waals surface area contributed by atoms with Crippen LogP contribution in [0.2, 0.25) is 0 Å². The van der Waals surface area contributed by atoms with Crippen molar-refractivity contribution in [1.29, 1.82) is 0 Å². The molecule has 0 aliphatic carbocycles. The molecule has 0 bridgehead atoms. The lowest BCUT2D eigenvalue weighted by molar-refractivity contribution is -0.133. The minimum absolute atomic E-state index is 0.0182. The number of likely N-dealkylation sites (tertiary alicyclic amines) is 1. The predicted octanol–water partition coefficient (Wildman–Crippen LogP) is 4.94. The largest absolute Gasteiger partial charge is 0.348 e. The maximum atomic E-state index is 12.6. The third-order valence-corrected chi connectivity index (χ3v) is 6.39. The number of carbonyl (C=O) groups excluding carboxylic acids is 2. The third kappa shape index (κ3) is 5.42. The van der Waals surface area contributed by atoms with E-state index in [1.165, 1.54) is 11.3 Å². The summed E-state index contributed by atoms with van der Waals surface area (Å²) in [6, 6.07) is 12.1. The monoisotopic (exact) mass is 448 g/mol. The van der Waals surface area contributed by atoms with E-state index in [9.17, 15) is 9.59 Å². The van der Waals surface area contributed by atoms with Gasteiger partial charge in [0.25, 0.3) is 5.91 Å². The fourth-order valence-electron chi connectivity index (χ4n) is 3.24. The minimum atomic E-state index is -0.0182. The minimum Gasteiger partial charge on any atom is -0.348 e. The molecule has 2 heterocycles. The van der Waals surface area contributed by atoms with E-state index < -0.39 is 0 Å². The van der Waals surface area contributed by atoms with E-state index in [1.54, 1.807) is 0 Å². The number of nitrogens with one attached hydrogen (secondary N) is 1. The first-order valence-electron chi connectivity index (χ1n) is 9.37. The number of amides is 2. The molecule has 0 unspecified atom stereocenters. The van der Waals surface area contributed by atoms with Gasteiger partial charge in [-0.15, -0.1) is 11.3 Å². The van der Waals surface area contributed by atoms with E-state index in [0.29, 0.717) is 12.3 Å². The fourth-order valence-corrected chi connectivity index (χ4v) is 4.42. The Morgan fingerprint density at radius 1 is 1.15 bits per heavy atom. The predicted molar refractivity (Wildman–Crippen MR) is 114 cm³/mol. The average Bonchev–Trinajstić information content (AvgIpc) is 3.12. The Morgan fingerprint density at radius 2 is 1.81 bits per heavy atom. The number of carbonyl (C=O) groups is 2. The molecule has 2 aromatic rings. The number of thiophene rings is 1.